The molecule has 136 valence electrons. The summed E-state index contributed by atoms with van der Waals surface area (Å²) in [6.45, 7) is 18.9. The summed E-state index contributed by atoms with van der Waals surface area (Å²) in [5, 5.41) is 6.56. The Morgan fingerprint density at radius 1 is 1.26 bits per heavy atom. The van der Waals surface area contributed by atoms with Crippen LogP contribution in [0.3, 0.4) is 0 Å². The molecule has 1 amide bonds. The normalized spacial score (nSPS) is 24.5. The van der Waals surface area contributed by atoms with Gasteiger partial charge in [0.2, 0.25) is 0 Å². The van der Waals surface area contributed by atoms with Crippen LogP contribution >= 0.6 is 0 Å². The molecule has 23 heavy (non-hydrogen) atoms. The summed E-state index contributed by atoms with van der Waals surface area (Å²) in [6, 6.07) is 0.426. The average Bonchev–Trinajstić information content (AvgIpc) is 2.49. The minimum atomic E-state index is -0.476. The minimum absolute atomic E-state index is 0.124. The van der Waals surface area contributed by atoms with E-state index in [1.54, 1.807) is 0 Å². The molecule has 1 saturated heterocycles. The molecule has 2 atom stereocenters. The predicted molar refractivity (Wildman–Crippen MR) is 93.6 cm³/mol. The molecule has 5 nitrogen and oxygen atoms in total. The van der Waals surface area contributed by atoms with E-state index < -0.39 is 5.60 Å². The van der Waals surface area contributed by atoms with Crippen LogP contribution in [0, 0.1) is 5.92 Å². The largest absolute Gasteiger partial charge is 0.444 e. The molecule has 0 aromatic carbocycles. The number of rotatable bonds is 5. The molecule has 0 aliphatic carbocycles. The van der Waals surface area contributed by atoms with E-state index in [1.807, 2.05) is 20.8 Å². The van der Waals surface area contributed by atoms with Crippen LogP contribution in [0.1, 0.15) is 68.7 Å². The Hall–Kier alpha value is -0.810. The lowest BCUT2D eigenvalue weighted by Crippen LogP contribution is -2.53. The van der Waals surface area contributed by atoms with Crippen molar-refractivity contribution in [3.8, 4) is 0 Å². The van der Waals surface area contributed by atoms with Crippen molar-refractivity contribution in [2.75, 3.05) is 6.54 Å². The Morgan fingerprint density at radius 2 is 1.83 bits per heavy atom. The van der Waals surface area contributed by atoms with E-state index in [1.165, 1.54) is 0 Å². The number of alkyl carbamates (subject to hydrolysis) is 1. The highest BCUT2D eigenvalue weighted by molar-refractivity contribution is 5.67. The van der Waals surface area contributed by atoms with E-state index in [0.29, 0.717) is 12.5 Å². The highest BCUT2D eigenvalue weighted by Crippen LogP contribution is 2.37. The van der Waals surface area contributed by atoms with Crippen LogP contribution in [0.2, 0.25) is 0 Å². The molecule has 0 aromatic rings. The second-order valence-corrected chi connectivity index (χ2v) is 9.12. The van der Waals surface area contributed by atoms with Gasteiger partial charge in [-0.2, -0.15) is 0 Å². The summed E-state index contributed by atoms with van der Waals surface area (Å²) in [4.78, 5) is 11.9. The first kappa shape index (κ1) is 20.2. The van der Waals surface area contributed by atoms with Crippen LogP contribution in [0.4, 0.5) is 4.79 Å². The van der Waals surface area contributed by atoms with Gasteiger partial charge in [-0.3, -0.25) is 0 Å². The molecule has 0 aromatic heterocycles. The van der Waals surface area contributed by atoms with Gasteiger partial charge in [-0.05, 0) is 60.8 Å². The van der Waals surface area contributed by atoms with Crippen molar-refractivity contribution in [1.82, 2.24) is 10.6 Å². The molecule has 0 saturated carbocycles. The van der Waals surface area contributed by atoms with Crippen molar-refractivity contribution < 1.29 is 14.3 Å². The maximum absolute atomic E-state index is 11.9. The number of ether oxygens (including phenoxy) is 2. The Kier molecular flexibility index (Phi) is 6.14. The molecule has 5 heteroatoms. The maximum atomic E-state index is 11.9. The van der Waals surface area contributed by atoms with Gasteiger partial charge in [0.1, 0.15) is 5.60 Å². The fraction of sp³-hybridized carbons (Fsp3) is 0.944. The molecule has 1 fully saturated rings. The van der Waals surface area contributed by atoms with Crippen molar-refractivity contribution >= 4 is 6.09 Å². The van der Waals surface area contributed by atoms with Gasteiger partial charge in [0.25, 0.3) is 0 Å². The van der Waals surface area contributed by atoms with Gasteiger partial charge in [0.05, 0.1) is 11.2 Å². The molecule has 1 heterocycles. The predicted octanol–water partition coefficient (Wildman–Crippen LogP) is 3.47. The van der Waals surface area contributed by atoms with E-state index in [2.05, 4.69) is 52.2 Å². The highest BCUT2D eigenvalue weighted by Gasteiger charge is 2.46. The van der Waals surface area contributed by atoms with E-state index in [0.717, 1.165) is 6.42 Å². The molecule has 2 unspecified atom stereocenters. The molecular weight excluding hydrogens is 292 g/mol. The summed E-state index contributed by atoms with van der Waals surface area (Å²) < 4.78 is 11.5. The van der Waals surface area contributed by atoms with E-state index in [-0.39, 0.29) is 29.4 Å². The lowest BCUT2D eigenvalue weighted by atomic mass is 9.92. The van der Waals surface area contributed by atoms with Crippen LogP contribution in [-0.4, -0.2) is 41.5 Å². The third-order valence-corrected chi connectivity index (χ3v) is 4.16. The number of carbonyl (C=O) groups is 1. The molecule has 1 aliphatic rings. The quantitative estimate of drug-likeness (QED) is 0.811. The van der Waals surface area contributed by atoms with Crippen LogP contribution in [0.5, 0.6) is 0 Å². The van der Waals surface area contributed by atoms with E-state index >= 15 is 0 Å². The van der Waals surface area contributed by atoms with Crippen LogP contribution < -0.4 is 10.6 Å². The number of hydrogen-bond donors (Lipinski definition) is 2. The number of nitrogens with one attached hydrogen (secondary N) is 2. The lowest BCUT2D eigenvalue weighted by Gasteiger charge is -2.33. The standard InChI is InChI=1S/C18H36N2O3/c1-12(2)13(11-19-15(21)22-16(3,4)5)20-14-10-17(6,7)23-18(14,8)9/h12-14,20H,10-11H2,1-9H3,(H,19,21). The van der Waals surface area contributed by atoms with Gasteiger partial charge in [0, 0.05) is 18.6 Å². The third kappa shape index (κ3) is 6.68. The SMILES string of the molecule is CC(C)C(CNC(=O)OC(C)(C)C)NC1CC(C)(C)OC1(C)C. The minimum Gasteiger partial charge on any atom is -0.444 e. The Balaban J connectivity index is 2.61. The van der Waals surface area contributed by atoms with Crippen LogP contribution in [-0.2, 0) is 9.47 Å². The average molecular weight is 328 g/mol. The molecule has 2 N–H and O–H groups in total. The molecular formula is C18H36N2O3. The third-order valence-electron chi connectivity index (χ3n) is 4.16. The lowest BCUT2D eigenvalue weighted by molar-refractivity contribution is -0.0707. The van der Waals surface area contributed by atoms with Gasteiger partial charge in [-0.15, -0.1) is 0 Å². The number of carbonyl (C=O) groups excluding carboxylic acids is 1. The first-order chi connectivity index (χ1) is 10.2. The first-order valence-electron chi connectivity index (χ1n) is 8.65. The Bertz CT molecular complexity index is 411. The fourth-order valence-corrected chi connectivity index (χ4v) is 3.07. The molecule has 0 spiro atoms. The second-order valence-electron chi connectivity index (χ2n) is 9.12. The maximum Gasteiger partial charge on any atom is 0.407 e. The van der Waals surface area contributed by atoms with E-state index in [9.17, 15) is 4.79 Å². The molecule has 1 aliphatic heterocycles. The molecule has 1 rings (SSSR count). The number of amides is 1. The van der Waals surface area contributed by atoms with Gasteiger partial charge in [-0.1, -0.05) is 13.8 Å². The van der Waals surface area contributed by atoms with Crippen molar-refractivity contribution in [3.63, 3.8) is 0 Å². The summed E-state index contributed by atoms with van der Waals surface area (Å²) in [7, 11) is 0. The fourth-order valence-electron chi connectivity index (χ4n) is 3.07. The van der Waals surface area contributed by atoms with Gasteiger partial charge >= 0.3 is 6.09 Å². The van der Waals surface area contributed by atoms with Crippen molar-refractivity contribution in [3.05, 3.63) is 0 Å². The number of hydrogen-bond acceptors (Lipinski definition) is 4. The smallest absolute Gasteiger partial charge is 0.407 e. The summed E-state index contributed by atoms with van der Waals surface area (Å²) in [6.07, 6.45) is 0.586. The molecule has 0 radical (unpaired) electrons. The van der Waals surface area contributed by atoms with Crippen molar-refractivity contribution in [2.45, 2.75) is 97.6 Å². The Labute approximate surface area is 141 Å². The van der Waals surface area contributed by atoms with Gasteiger partial charge < -0.3 is 20.1 Å². The van der Waals surface area contributed by atoms with Crippen LogP contribution in [0.25, 0.3) is 0 Å². The monoisotopic (exact) mass is 328 g/mol. The zero-order chi connectivity index (χ0) is 18.1. The zero-order valence-electron chi connectivity index (χ0n) is 16.4. The Morgan fingerprint density at radius 3 is 2.22 bits per heavy atom. The van der Waals surface area contributed by atoms with Crippen molar-refractivity contribution in [1.29, 1.82) is 0 Å². The summed E-state index contributed by atoms with van der Waals surface area (Å²) in [5.41, 5.74) is -0.819. The van der Waals surface area contributed by atoms with Gasteiger partial charge in [-0.25, -0.2) is 4.79 Å². The first-order valence-corrected chi connectivity index (χ1v) is 8.65. The van der Waals surface area contributed by atoms with Crippen molar-refractivity contribution in [2.24, 2.45) is 5.92 Å². The van der Waals surface area contributed by atoms with Crippen LogP contribution in [0.15, 0.2) is 0 Å². The summed E-state index contributed by atoms with van der Waals surface area (Å²) >= 11 is 0. The second kappa shape index (κ2) is 6.98. The summed E-state index contributed by atoms with van der Waals surface area (Å²) in [5.74, 6) is 0.393. The zero-order valence-corrected chi connectivity index (χ0v) is 16.4. The highest BCUT2D eigenvalue weighted by atomic mass is 16.6. The van der Waals surface area contributed by atoms with Gasteiger partial charge in [0.15, 0.2) is 0 Å². The topological polar surface area (TPSA) is 59.6 Å². The van der Waals surface area contributed by atoms with E-state index in [4.69, 9.17) is 9.47 Å². The molecule has 0 bridgehead atoms.